The average Bonchev–Trinajstić information content (AvgIpc) is 3.33. The van der Waals surface area contributed by atoms with Gasteiger partial charge in [-0.2, -0.15) is 0 Å². The van der Waals surface area contributed by atoms with Gasteiger partial charge in [-0.3, -0.25) is 29.8 Å². The second-order valence-corrected chi connectivity index (χ2v) is 8.23. The molecule has 2 saturated heterocycles. The lowest BCUT2D eigenvalue weighted by Gasteiger charge is -2.10. The van der Waals surface area contributed by atoms with E-state index >= 15 is 0 Å². The van der Waals surface area contributed by atoms with E-state index in [0.717, 1.165) is 41.9 Å². The Hall–Kier alpha value is -3.68. The number of hydrogen-bond donors (Lipinski definition) is 2. The van der Waals surface area contributed by atoms with Crippen molar-refractivity contribution in [1.29, 1.82) is 0 Å². The number of nitrogens with one attached hydrogen (secondary N) is 2. The summed E-state index contributed by atoms with van der Waals surface area (Å²) in [6.45, 7) is 1.16. The Bertz CT molecular complexity index is 948. The SMILES string of the molecule is O=C1C[C@@H](c2ccc(OCCCCCOc3ccc([C@H]4CC(=O)NC4=O)cc3)cc2)C(=O)N1. The van der Waals surface area contributed by atoms with Gasteiger partial charge in [0.15, 0.2) is 0 Å². The minimum absolute atomic E-state index is 0.198. The van der Waals surface area contributed by atoms with Crippen molar-refractivity contribution in [2.24, 2.45) is 0 Å². The number of ether oxygens (including phenoxy) is 2. The summed E-state index contributed by atoms with van der Waals surface area (Å²) >= 11 is 0. The van der Waals surface area contributed by atoms with E-state index in [2.05, 4.69) is 10.6 Å². The molecule has 0 unspecified atom stereocenters. The van der Waals surface area contributed by atoms with E-state index in [-0.39, 0.29) is 36.5 Å². The number of imide groups is 2. The molecule has 0 spiro atoms. The van der Waals surface area contributed by atoms with Gasteiger partial charge in [-0.05, 0) is 54.7 Å². The van der Waals surface area contributed by atoms with E-state index in [1.807, 2.05) is 48.5 Å². The van der Waals surface area contributed by atoms with E-state index < -0.39 is 11.8 Å². The molecule has 2 aliphatic heterocycles. The summed E-state index contributed by atoms with van der Waals surface area (Å²) in [6.07, 6.45) is 3.11. The van der Waals surface area contributed by atoms with Crippen molar-refractivity contribution in [1.82, 2.24) is 10.6 Å². The summed E-state index contributed by atoms with van der Waals surface area (Å²) in [6, 6.07) is 14.6. The van der Waals surface area contributed by atoms with Crippen molar-refractivity contribution < 1.29 is 28.7 Å². The number of carbonyl (C=O) groups excluding carboxylic acids is 4. The van der Waals surface area contributed by atoms with Gasteiger partial charge in [0.05, 0.1) is 25.0 Å². The van der Waals surface area contributed by atoms with Gasteiger partial charge in [0.2, 0.25) is 23.6 Å². The van der Waals surface area contributed by atoms with Gasteiger partial charge in [0, 0.05) is 12.8 Å². The highest BCUT2D eigenvalue weighted by Gasteiger charge is 2.32. The molecule has 0 saturated carbocycles. The summed E-state index contributed by atoms with van der Waals surface area (Å²) < 4.78 is 11.5. The number of hydrogen-bond acceptors (Lipinski definition) is 6. The third-order valence-electron chi connectivity index (χ3n) is 5.83. The lowest BCUT2D eigenvalue weighted by molar-refractivity contribution is -0.126. The van der Waals surface area contributed by atoms with Gasteiger partial charge in [-0.15, -0.1) is 0 Å². The molecule has 0 radical (unpaired) electrons. The van der Waals surface area contributed by atoms with Gasteiger partial charge < -0.3 is 9.47 Å². The van der Waals surface area contributed by atoms with Crippen molar-refractivity contribution in [3.8, 4) is 11.5 Å². The van der Waals surface area contributed by atoms with Crippen molar-refractivity contribution in [3.63, 3.8) is 0 Å². The first kappa shape index (κ1) is 22.5. The maximum Gasteiger partial charge on any atom is 0.234 e. The van der Waals surface area contributed by atoms with Crippen LogP contribution in [0.15, 0.2) is 48.5 Å². The van der Waals surface area contributed by atoms with E-state index in [1.165, 1.54) is 0 Å². The van der Waals surface area contributed by atoms with Crippen LogP contribution in [0.3, 0.4) is 0 Å². The van der Waals surface area contributed by atoms with Crippen LogP contribution >= 0.6 is 0 Å². The molecule has 33 heavy (non-hydrogen) atoms. The fourth-order valence-corrected chi connectivity index (χ4v) is 4.00. The number of carbonyl (C=O) groups is 4. The van der Waals surface area contributed by atoms with E-state index in [4.69, 9.17) is 9.47 Å². The quantitative estimate of drug-likeness (QED) is 0.425. The molecule has 8 nitrogen and oxygen atoms in total. The van der Waals surface area contributed by atoms with Crippen molar-refractivity contribution in [2.45, 2.75) is 43.9 Å². The minimum atomic E-state index is -0.408. The number of amides is 4. The van der Waals surface area contributed by atoms with Gasteiger partial charge in [0.25, 0.3) is 0 Å². The highest BCUT2D eigenvalue weighted by atomic mass is 16.5. The van der Waals surface area contributed by atoms with Crippen LogP contribution in [0.25, 0.3) is 0 Å². The highest BCUT2D eigenvalue weighted by molar-refractivity contribution is 6.06. The molecule has 2 fully saturated rings. The Morgan fingerprint density at radius 1 is 0.606 bits per heavy atom. The number of unbranched alkanes of at least 4 members (excludes halogenated alkanes) is 2. The molecule has 0 aliphatic carbocycles. The molecule has 4 rings (SSSR count). The Kier molecular flexibility index (Phi) is 7.02. The Morgan fingerprint density at radius 3 is 1.33 bits per heavy atom. The molecule has 2 N–H and O–H groups in total. The van der Waals surface area contributed by atoms with Crippen LogP contribution in [0.4, 0.5) is 0 Å². The van der Waals surface area contributed by atoms with E-state index in [0.29, 0.717) is 13.2 Å². The van der Waals surface area contributed by atoms with Crippen LogP contribution in [0.5, 0.6) is 11.5 Å². The normalized spacial score (nSPS) is 20.0. The van der Waals surface area contributed by atoms with Crippen LogP contribution in [0.2, 0.25) is 0 Å². The van der Waals surface area contributed by atoms with Gasteiger partial charge in [-0.25, -0.2) is 0 Å². The molecular weight excluding hydrogens is 424 g/mol. The van der Waals surface area contributed by atoms with Crippen molar-refractivity contribution in [3.05, 3.63) is 59.7 Å². The van der Waals surface area contributed by atoms with Crippen molar-refractivity contribution in [2.75, 3.05) is 13.2 Å². The van der Waals surface area contributed by atoms with Gasteiger partial charge in [-0.1, -0.05) is 24.3 Å². The zero-order chi connectivity index (χ0) is 23.2. The lowest BCUT2D eigenvalue weighted by atomic mass is 9.98. The topological polar surface area (TPSA) is 111 Å². The molecular formula is C25H26N2O6. The molecule has 2 aliphatic rings. The maximum absolute atomic E-state index is 11.8. The molecule has 2 atom stereocenters. The summed E-state index contributed by atoms with van der Waals surface area (Å²) in [5.74, 6) is -0.309. The van der Waals surface area contributed by atoms with Crippen LogP contribution < -0.4 is 20.1 Å². The van der Waals surface area contributed by atoms with Crippen LogP contribution in [-0.2, 0) is 19.2 Å². The third kappa shape index (κ3) is 5.77. The predicted octanol–water partition coefficient (Wildman–Crippen LogP) is 2.57. The van der Waals surface area contributed by atoms with E-state index in [9.17, 15) is 19.2 Å². The zero-order valence-electron chi connectivity index (χ0n) is 18.2. The molecule has 0 aromatic heterocycles. The summed E-state index contributed by atoms with van der Waals surface area (Å²) in [4.78, 5) is 46.2. The Labute approximate surface area is 191 Å². The first-order valence-electron chi connectivity index (χ1n) is 11.1. The fourth-order valence-electron chi connectivity index (χ4n) is 4.00. The molecule has 4 amide bonds. The smallest absolute Gasteiger partial charge is 0.234 e. The first-order chi connectivity index (χ1) is 16.0. The summed E-state index contributed by atoms with van der Waals surface area (Å²) in [5, 5.41) is 4.64. The minimum Gasteiger partial charge on any atom is -0.494 e. The summed E-state index contributed by atoms with van der Waals surface area (Å²) in [7, 11) is 0. The first-order valence-corrected chi connectivity index (χ1v) is 11.1. The van der Waals surface area contributed by atoms with Gasteiger partial charge in [0.1, 0.15) is 11.5 Å². The third-order valence-corrected chi connectivity index (χ3v) is 5.83. The molecule has 2 aromatic carbocycles. The zero-order valence-corrected chi connectivity index (χ0v) is 18.2. The Morgan fingerprint density at radius 2 is 1.00 bits per heavy atom. The van der Waals surface area contributed by atoms with Crippen molar-refractivity contribution >= 4 is 23.6 Å². The molecule has 0 bridgehead atoms. The second-order valence-electron chi connectivity index (χ2n) is 8.23. The van der Waals surface area contributed by atoms with Crippen LogP contribution in [0, 0.1) is 0 Å². The molecule has 8 heteroatoms. The fraction of sp³-hybridized carbons (Fsp3) is 0.360. The monoisotopic (exact) mass is 450 g/mol. The number of rotatable bonds is 10. The second kappa shape index (κ2) is 10.3. The molecule has 2 aromatic rings. The van der Waals surface area contributed by atoms with Crippen LogP contribution in [0.1, 0.15) is 55.1 Å². The van der Waals surface area contributed by atoms with Crippen LogP contribution in [-0.4, -0.2) is 36.8 Å². The number of benzene rings is 2. The standard InChI is InChI=1S/C25H26N2O6/c28-22-14-20(24(30)26-22)16-4-8-18(9-5-16)32-12-2-1-3-13-33-19-10-6-17(7-11-19)21-15-23(29)27-25(21)31/h4-11,20-21H,1-3,12-15H2,(H,26,28,30)(H,27,29,31)/t20-,21+. The Balaban J connectivity index is 1.10. The maximum atomic E-state index is 11.8. The van der Waals surface area contributed by atoms with E-state index in [1.54, 1.807) is 0 Å². The van der Waals surface area contributed by atoms with Gasteiger partial charge >= 0.3 is 0 Å². The predicted molar refractivity (Wildman–Crippen MR) is 119 cm³/mol. The molecule has 2 heterocycles. The summed E-state index contributed by atoms with van der Waals surface area (Å²) in [5.41, 5.74) is 1.63. The highest BCUT2D eigenvalue weighted by Crippen LogP contribution is 2.27. The lowest BCUT2D eigenvalue weighted by Crippen LogP contribution is -2.21. The molecule has 172 valence electrons. The average molecular weight is 450 g/mol. The largest absolute Gasteiger partial charge is 0.494 e.